The number of benzene rings is 2. The summed E-state index contributed by atoms with van der Waals surface area (Å²) in [5.74, 6) is 0.663. The molecule has 2 aromatic carbocycles. The predicted molar refractivity (Wildman–Crippen MR) is 97.6 cm³/mol. The lowest BCUT2D eigenvalue weighted by Gasteiger charge is -2.12. The van der Waals surface area contributed by atoms with Gasteiger partial charge in [-0.15, -0.1) is 0 Å². The number of aliphatic hydroxyl groups excluding tert-OH is 1. The number of nitrogens with one attached hydrogen (secondary N) is 2. The summed E-state index contributed by atoms with van der Waals surface area (Å²) in [5.41, 5.74) is 2.95. The van der Waals surface area contributed by atoms with Crippen molar-refractivity contribution in [3.8, 4) is 5.75 Å². The number of amides is 1. The molecular weight excluding hydrogens is 316 g/mol. The minimum absolute atomic E-state index is 0.0714. The number of hydrogen-bond acceptors (Lipinski definition) is 3. The third kappa shape index (κ3) is 4.19. The molecule has 1 atom stereocenters. The number of aliphatic hydroxyl groups is 1. The van der Waals surface area contributed by atoms with Crippen LogP contribution in [0.3, 0.4) is 0 Å². The van der Waals surface area contributed by atoms with Gasteiger partial charge in [0.25, 0.3) is 0 Å². The van der Waals surface area contributed by atoms with Gasteiger partial charge in [-0.1, -0.05) is 30.3 Å². The number of aromatic amines is 1. The number of fused-ring (bicyclic) bond motifs is 1. The van der Waals surface area contributed by atoms with Gasteiger partial charge in [0.15, 0.2) is 0 Å². The van der Waals surface area contributed by atoms with Crippen LogP contribution in [-0.4, -0.2) is 29.7 Å². The number of ether oxygens (including phenoxy) is 1. The van der Waals surface area contributed by atoms with Crippen LogP contribution in [0.1, 0.15) is 23.7 Å². The van der Waals surface area contributed by atoms with E-state index in [0.717, 1.165) is 27.8 Å². The smallest absolute Gasteiger partial charge is 0.220 e. The molecule has 3 aromatic rings. The van der Waals surface area contributed by atoms with Gasteiger partial charge in [-0.25, -0.2) is 0 Å². The summed E-state index contributed by atoms with van der Waals surface area (Å²) in [5, 5.41) is 14.1. The number of hydrogen-bond donors (Lipinski definition) is 3. The number of aromatic nitrogens is 1. The molecule has 1 amide bonds. The van der Waals surface area contributed by atoms with Crippen LogP contribution >= 0.6 is 0 Å². The number of para-hydroxylation sites is 1. The zero-order valence-corrected chi connectivity index (χ0v) is 14.2. The fraction of sp³-hybridized carbons (Fsp3) is 0.250. The minimum atomic E-state index is -0.733. The largest absolute Gasteiger partial charge is 0.497 e. The van der Waals surface area contributed by atoms with Crippen molar-refractivity contribution in [1.29, 1.82) is 0 Å². The molecule has 130 valence electrons. The fourth-order valence-corrected chi connectivity index (χ4v) is 2.83. The van der Waals surface area contributed by atoms with Gasteiger partial charge in [0.1, 0.15) is 5.75 Å². The summed E-state index contributed by atoms with van der Waals surface area (Å²) in [7, 11) is 1.60. The Bertz CT molecular complexity index is 840. The van der Waals surface area contributed by atoms with Gasteiger partial charge < -0.3 is 20.1 Å². The summed E-state index contributed by atoms with van der Waals surface area (Å²) in [6.07, 6.45) is 2.26. The first kappa shape index (κ1) is 17.0. The first-order valence-corrected chi connectivity index (χ1v) is 8.31. The lowest BCUT2D eigenvalue weighted by atomic mass is 10.1. The van der Waals surface area contributed by atoms with E-state index in [-0.39, 0.29) is 12.5 Å². The highest BCUT2D eigenvalue weighted by molar-refractivity contribution is 5.84. The van der Waals surface area contributed by atoms with E-state index in [0.29, 0.717) is 12.8 Å². The Balaban J connectivity index is 1.49. The van der Waals surface area contributed by atoms with Crippen LogP contribution in [0.4, 0.5) is 0 Å². The highest BCUT2D eigenvalue weighted by atomic mass is 16.5. The number of carbonyl (C=O) groups is 1. The van der Waals surface area contributed by atoms with Crippen molar-refractivity contribution in [3.05, 3.63) is 65.9 Å². The number of H-pyrrole nitrogens is 1. The quantitative estimate of drug-likeness (QED) is 0.620. The number of carbonyl (C=O) groups excluding carboxylic acids is 1. The summed E-state index contributed by atoms with van der Waals surface area (Å²) in [4.78, 5) is 15.3. The van der Waals surface area contributed by atoms with Crippen LogP contribution in [0, 0.1) is 0 Å². The second-order valence-electron chi connectivity index (χ2n) is 5.95. The molecule has 3 rings (SSSR count). The predicted octanol–water partition coefficient (Wildman–Crippen LogP) is 2.96. The van der Waals surface area contributed by atoms with Crippen LogP contribution in [0.15, 0.2) is 54.7 Å². The highest BCUT2D eigenvalue weighted by Gasteiger charge is 2.11. The van der Waals surface area contributed by atoms with E-state index < -0.39 is 6.10 Å². The third-order valence-corrected chi connectivity index (χ3v) is 4.29. The molecule has 0 bridgehead atoms. The summed E-state index contributed by atoms with van der Waals surface area (Å²) in [6.45, 7) is 0.193. The molecule has 0 aliphatic heterocycles. The standard InChI is InChI=1S/C20H22N2O3/c1-25-16-9-6-14(7-10-16)19(23)13-22-20(24)11-8-15-12-21-18-5-3-2-4-17(15)18/h2-7,9-10,12,19,21,23H,8,11,13H2,1H3,(H,22,24). The van der Waals surface area contributed by atoms with Crippen LogP contribution in [0.5, 0.6) is 5.75 Å². The Hall–Kier alpha value is -2.79. The van der Waals surface area contributed by atoms with Crippen molar-refractivity contribution in [3.63, 3.8) is 0 Å². The molecular formula is C20H22N2O3. The van der Waals surface area contributed by atoms with Crippen LogP contribution < -0.4 is 10.1 Å². The van der Waals surface area contributed by atoms with Crippen molar-refractivity contribution < 1.29 is 14.6 Å². The van der Waals surface area contributed by atoms with Crippen molar-refractivity contribution in [2.45, 2.75) is 18.9 Å². The Labute approximate surface area is 146 Å². The first-order chi connectivity index (χ1) is 12.2. The normalized spacial score (nSPS) is 12.1. The van der Waals surface area contributed by atoms with Crippen molar-refractivity contribution in [1.82, 2.24) is 10.3 Å². The topological polar surface area (TPSA) is 74.3 Å². The van der Waals surface area contributed by atoms with E-state index in [1.54, 1.807) is 31.4 Å². The average molecular weight is 338 g/mol. The van der Waals surface area contributed by atoms with Crippen LogP contribution in [0.25, 0.3) is 10.9 Å². The van der Waals surface area contributed by atoms with Gasteiger partial charge in [-0.3, -0.25) is 4.79 Å². The van der Waals surface area contributed by atoms with E-state index in [2.05, 4.69) is 10.3 Å². The highest BCUT2D eigenvalue weighted by Crippen LogP contribution is 2.19. The minimum Gasteiger partial charge on any atom is -0.497 e. The summed E-state index contributed by atoms with van der Waals surface area (Å²) < 4.78 is 5.09. The molecule has 0 saturated carbocycles. The molecule has 0 aliphatic carbocycles. The summed E-state index contributed by atoms with van der Waals surface area (Å²) in [6, 6.07) is 15.2. The fourth-order valence-electron chi connectivity index (χ4n) is 2.83. The average Bonchev–Trinajstić information content (AvgIpc) is 3.07. The Morgan fingerprint density at radius 3 is 2.72 bits per heavy atom. The molecule has 0 saturated heterocycles. The first-order valence-electron chi connectivity index (χ1n) is 8.31. The number of methoxy groups -OCH3 is 1. The maximum Gasteiger partial charge on any atom is 0.220 e. The molecule has 25 heavy (non-hydrogen) atoms. The zero-order chi connectivity index (χ0) is 17.6. The molecule has 1 unspecified atom stereocenters. The molecule has 0 spiro atoms. The molecule has 0 aliphatic rings. The molecule has 0 radical (unpaired) electrons. The zero-order valence-electron chi connectivity index (χ0n) is 14.2. The van der Waals surface area contributed by atoms with Gasteiger partial charge in [0.2, 0.25) is 5.91 Å². The number of rotatable bonds is 7. The Morgan fingerprint density at radius 2 is 1.96 bits per heavy atom. The third-order valence-electron chi connectivity index (χ3n) is 4.29. The SMILES string of the molecule is COc1ccc(C(O)CNC(=O)CCc2c[nH]c3ccccc23)cc1. The van der Waals surface area contributed by atoms with Gasteiger partial charge in [-0.2, -0.15) is 0 Å². The lowest BCUT2D eigenvalue weighted by molar-refractivity contribution is -0.121. The van der Waals surface area contributed by atoms with Gasteiger partial charge in [0.05, 0.1) is 13.2 Å². The summed E-state index contributed by atoms with van der Waals surface area (Å²) >= 11 is 0. The van der Waals surface area contributed by atoms with Crippen molar-refractivity contribution in [2.24, 2.45) is 0 Å². The second-order valence-corrected chi connectivity index (χ2v) is 5.95. The van der Waals surface area contributed by atoms with E-state index >= 15 is 0 Å². The molecule has 1 heterocycles. The maximum absolute atomic E-state index is 12.1. The van der Waals surface area contributed by atoms with E-state index in [1.165, 1.54) is 0 Å². The molecule has 5 nitrogen and oxygen atoms in total. The van der Waals surface area contributed by atoms with E-state index in [1.807, 2.05) is 30.5 Å². The molecule has 0 fully saturated rings. The van der Waals surface area contributed by atoms with Gasteiger partial charge in [-0.05, 0) is 35.7 Å². The van der Waals surface area contributed by atoms with Gasteiger partial charge in [0, 0.05) is 30.1 Å². The van der Waals surface area contributed by atoms with E-state index in [9.17, 15) is 9.90 Å². The van der Waals surface area contributed by atoms with Gasteiger partial charge >= 0.3 is 0 Å². The maximum atomic E-state index is 12.1. The van der Waals surface area contributed by atoms with Crippen LogP contribution in [-0.2, 0) is 11.2 Å². The monoisotopic (exact) mass is 338 g/mol. The number of aryl methyl sites for hydroxylation is 1. The van der Waals surface area contributed by atoms with Crippen molar-refractivity contribution >= 4 is 16.8 Å². The molecule has 1 aromatic heterocycles. The lowest BCUT2D eigenvalue weighted by Crippen LogP contribution is -2.28. The molecule has 3 N–H and O–H groups in total. The Kier molecular flexibility index (Phi) is 5.36. The Morgan fingerprint density at radius 1 is 1.20 bits per heavy atom. The van der Waals surface area contributed by atoms with Crippen LogP contribution in [0.2, 0.25) is 0 Å². The molecule has 5 heteroatoms. The van der Waals surface area contributed by atoms with E-state index in [4.69, 9.17) is 4.74 Å². The van der Waals surface area contributed by atoms with Crippen molar-refractivity contribution in [2.75, 3.05) is 13.7 Å². The second kappa shape index (κ2) is 7.85.